The van der Waals surface area contributed by atoms with Gasteiger partial charge in [-0.3, -0.25) is 4.79 Å². The van der Waals surface area contributed by atoms with E-state index in [9.17, 15) is 4.79 Å². The number of hydrogen-bond acceptors (Lipinski definition) is 4. The van der Waals surface area contributed by atoms with Gasteiger partial charge in [0.25, 0.3) is 5.91 Å². The van der Waals surface area contributed by atoms with Crippen molar-refractivity contribution in [3.63, 3.8) is 0 Å². The van der Waals surface area contributed by atoms with Crippen LogP contribution in [0.2, 0.25) is 0 Å². The molecule has 1 aliphatic rings. The van der Waals surface area contributed by atoms with Crippen LogP contribution in [-0.2, 0) is 9.53 Å². The number of anilines is 1. The number of nitrogens with zero attached hydrogens (tertiary/aromatic N) is 2. The van der Waals surface area contributed by atoms with Gasteiger partial charge in [0, 0.05) is 12.8 Å². The standard InChI is InChI=1S/C14H20N2O3/c1-4-12(18-5-2)14(17)16-9-10(3)19-13-11(16)7-6-8-15-13/h6-8,10,12H,4-5,9H2,1-3H3/t10-,12-/m1/s1. The third-order valence-electron chi connectivity index (χ3n) is 3.07. The number of carbonyl (C=O) groups excluding carboxylic acids is 1. The van der Waals surface area contributed by atoms with Crippen molar-refractivity contribution in [2.75, 3.05) is 18.1 Å². The highest BCUT2D eigenvalue weighted by atomic mass is 16.5. The summed E-state index contributed by atoms with van der Waals surface area (Å²) >= 11 is 0. The lowest BCUT2D eigenvalue weighted by molar-refractivity contribution is -0.130. The van der Waals surface area contributed by atoms with E-state index in [4.69, 9.17) is 9.47 Å². The SMILES string of the molecule is CCO[C@H](CC)C(=O)N1C[C@@H](C)Oc2ncccc21. The Morgan fingerprint density at radius 2 is 2.42 bits per heavy atom. The van der Waals surface area contributed by atoms with Crippen molar-refractivity contribution in [1.82, 2.24) is 4.98 Å². The molecule has 0 fully saturated rings. The first-order valence-electron chi connectivity index (χ1n) is 6.72. The van der Waals surface area contributed by atoms with Crippen LogP contribution in [-0.4, -0.2) is 36.3 Å². The van der Waals surface area contributed by atoms with Gasteiger partial charge in [-0.2, -0.15) is 0 Å². The fraction of sp³-hybridized carbons (Fsp3) is 0.571. The molecule has 0 spiro atoms. The van der Waals surface area contributed by atoms with Gasteiger partial charge in [-0.15, -0.1) is 0 Å². The molecule has 0 radical (unpaired) electrons. The minimum Gasteiger partial charge on any atom is -0.471 e. The minimum atomic E-state index is -0.400. The molecule has 5 nitrogen and oxygen atoms in total. The van der Waals surface area contributed by atoms with Crippen LogP contribution in [0.1, 0.15) is 27.2 Å². The molecule has 2 rings (SSSR count). The van der Waals surface area contributed by atoms with Crippen LogP contribution in [0.15, 0.2) is 18.3 Å². The molecule has 5 heteroatoms. The monoisotopic (exact) mass is 264 g/mol. The number of aromatic nitrogens is 1. The van der Waals surface area contributed by atoms with E-state index in [2.05, 4.69) is 4.98 Å². The summed E-state index contributed by atoms with van der Waals surface area (Å²) in [5.41, 5.74) is 0.726. The molecule has 2 heterocycles. The molecule has 104 valence electrons. The summed E-state index contributed by atoms with van der Waals surface area (Å²) in [5, 5.41) is 0. The maximum atomic E-state index is 12.5. The van der Waals surface area contributed by atoms with Crippen molar-refractivity contribution in [3.8, 4) is 5.88 Å². The molecule has 0 unspecified atom stereocenters. The van der Waals surface area contributed by atoms with Crippen molar-refractivity contribution in [3.05, 3.63) is 18.3 Å². The van der Waals surface area contributed by atoms with Crippen LogP contribution in [0.3, 0.4) is 0 Å². The number of pyridine rings is 1. The van der Waals surface area contributed by atoms with E-state index in [0.29, 0.717) is 25.5 Å². The van der Waals surface area contributed by atoms with Gasteiger partial charge in [0.2, 0.25) is 5.88 Å². The topological polar surface area (TPSA) is 51.7 Å². The summed E-state index contributed by atoms with van der Waals surface area (Å²) in [4.78, 5) is 18.4. The molecule has 2 atom stereocenters. The fourth-order valence-corrected chi connectivity index (χ4v) is 2.21. The average molecular weight is 264 g/mol. The lowest BCUT2D eigenvalue weighted by Gasteiger charge is -2.34. The van der Waals surface area contributed by atoms with E-state index in [-0.39, 0.29) is 12.0 Å². The lowest BCUT2D eigenvalue weighted by Crippen LogP contribution is -2.47. The molecule has 1 aliphatic heterocycles. The summed E-state index contributed by atoms with van der Waals surface area (Å²) in [6, 6.07) is 3.66. The van der Waals surface area contributed by atoms with Crippen molar-refractivity contribution >= 4 is 11.6 Å². The summed E-state index contributed by atoms with van der Waals surface area (Å²) < 4.78 is 11.1. The molecule has 1 aromatic heterocycles. The number of fused-ring (bicyclic) bond motifs is 1. The Balaban J connectivity index is 2.26. The van der Waals surface area contributed by atoms with E-state index >= 15 is 0 Å². The van der Waals surface area contributed by atoms with Gasteiger partial charge in [0.15, 0.2) is 0 Å². The quantitative estimate of drug-likeness (QED) is 0.834. The van der Waals surface area contributed by atoms with Gasteiger partial charge in [-0.05, 0) is 32.4 Å². The van der Waals surface area contributed by atoms with Crippen LogP contribution in [0.5, 0.6) is 5.88 Å². The van der Waals surface area contributed by atoms with Crippen molar-refractivity contribution in [2.45, 2.75) is 39.4 Å². The Labute approximate surface area is 113 Å². The number of amides is 1. The molecular formula is C14H20N2O3. The second-order valence-electron chi connectivity index (χ2n) is 4.56. The molecule has 0 aliphatic carbocycles. The van der Waals surface area contributed by atoms with Crippen molar-refractivity contribution < 1.29 is 14.3 Å². The molecule has 1 aromatic rings. The maximum absolute atomic E-state index is 12.5. The van der Waals surface area contributed by atoms with Crippen LogP contribution >= 0.6 is 0 Å². The predicted octanol–water partition coefficient (Wildman–Crippen LogP) is 2.01. The lowest BCUT2D eigenvalue weighted by atomic mass is 10.2. The van der Waals surface area contributed by atoms with E-state index in [1.807, 2.05) is 26.8 Å². The number of carbonyl (C=O) groups is 1. The zero-order valence-electron chi connectivity index (χ0n) is 11.6. The van der Waals surface area contributed by atoms with Gasteiger partial charge < -0.3 is 14.4 Å². The van der Waals surface area contributed by atoms with Gasteiger partial charge >= 0.3 is 0 Å². The van der Waals surface area contributed by atoms with Crippen LogP contribution < -0.4 is 9.64 Å². The average Bonchev–Trinajstić information content (AvgIpc) is 2.43. The summed E-state index contributed by atoms with van der Waals surface area (Å²) in [6.45, 7) is 6.84. The Morgan fingerprint density at radius 3 is 3.11 bits per heavy atom. The zero-order chi connectivity index (χ0) is 13.8. The third-order valence-corrected chi connectivity index (χ3v) is 3.07. The highest BCUT2D eigenvalue weighted by Gasteiger charge is 2.32. The Hall–Kier alpha value is -1.62. The number of hydrogen-bond donors (Lipinski definition) is 0. The third kappa shape index (κ3) is 2.87. The second kappa shape index (κ2) is 6.02. The first kappa shape index (κ1) is 13.8. The molecular weight excluding hydrogens is 244 g/mol. The molecule has 0 bridgehead atoms. The van der Waals surface area contributed by atoms with Crippen molar-refractivity contribution in [1.29, 1.82) is 0 Å². The zero-order valence-corrected chi connectivity index (χ0v) is 11.6. The second-order valence-corrected chi connectivity index (χ2v) is 4.56. The van der Waals surface area contributed by atoms with E-state index < -0.39 is 6.10 Å². The summed E-state index contributed by atoms with van der Waals surface area (Å²) in [6.07, 6.45) is 1.86. The maximum Gasteiger partial charge on any atom is 0.256 e. The van der Waals surface area contributed by atoms with Crippen LogP contribution in [0.25, 0.3) is 0 Å². The van der Waals surface area contributed by atoms with Crippen molar-refractivity contribution in [2.24, 2.45) is 0 Å². The van der Waals surface area contributed by atoms with Gasteiger partial charge in [0.1, 0.15) is 17.9 Å². The van der Waals surface area contributed by atoms with E-state index in [1.54, 1.807) is 17.2 Å². The number of ether oxygens (including phenoxy) is 2. The van der Waals surface area contributed by atoms with Crippen LogP contribution in [0, 0.1) is 0 Å². The molecule has 0 saturated carbocycles. The Kier molecular flexibility index (Phi) is 4.37. The molecule has 1 amide bonds. The summed E-state index contributed by atoms with van der Waals surface area (Å²) in [5.74, 6) is 0.495. The van der Waals surface area contributed by atoms with Gasteiger partial charge in [0.05, 0.1) is 6.54 Å². The van der Waals surface area contributed by atoms with Gasteiger partial charge in [-0.1, -0.05) is 6.92 Å². The van der Waals surface area contributed by atoms with E-state index in [1.165, 1.54) is 0 Å². The molecule has 0 saturated heterocycles. The summed E-state index contributed by atoms with van der Waals surface area (Å²) in [7, 11) is 0. The minimum absolute atomic E-state index is 0.0197. The highest BCUT2D eigenvalue weighted by Crippen LogP contribution is 2.31. The normalized spacial score (nSPS) is 19.5. The van der Waals surface area contributed by atoms with Crippen LogP contribution in [0.4, 0.5) is 5.69 Å². The first-order chi connectivity index (χ1) is 9.17. The molecule has 19 heavy (non-hydrogen) atoms. The predicted molar refractivity (Wildman–Crippen MR) is 72.4 cm³/mol. The molecule has 0 N–H and O–H groups in total. The van der Waals surface area contributed by atoms with Gasteiger partial charge in [-0.25, -0.2) is 4.98 Å². The Bertz CT molecular complexity index is 450. The molecule has 0 aromatic carbocycles. The number of rotatable bonds is 4. The van der Waals surface area contributed by atoms with E-state index in [0.717, 1.165) is 5.69 Å². The highest BCUT2D eigenvalue weighted by molar-refractivity contribution is 5.98. The largest absolute Gasteiger partial charge is 0.471 e. The fourth-order valence-electron chi connectivity index (χ4n) is 2.21. The Morgan fingerprint density at radius 1 is 1.63 bits per heavy atom. The first-order valence-corrected chi connectivity index (χ1v) is 6.72. The smallest absolute Gasteiger partial charge is 0.256 e.